The van der Waals surface area contributed by atoms with Crippen molar-refractivity contribution in [3.63, 3.8) is 0 Å². The number of hydrogen-bond acceptors (Lipinski definition) is 3. The van der Waals surface area contributed by atoms with Crippen molar-refractivity contribution in [3.8, 4) is 0 Å². The van der Waals surface area contributed by atoms with Gasteiger partial charge in [-0.25, -0.2) is 0 Å². The highest BCUT2D eigenvalue weighted by molar-refractivity contribution is 4.79. The Morgan fingerprint density at radius 2 is 1.21 bits per heavy atom. The molecule has 0 heterocycles. The van der Waals surface area contributed by atoms with Gasteiger partial charge in [-0.15, -0.1) is 0 Å². The van der Waals surface area contributed by atoms with Gasteiger partial charge in [0.25, 0.3) is 0 Å². The third-order valence-electron chi connectivity index (χ3n) is 3.01. The van der Waals surface area contributed by atoms with E-state index in [9.17, 15) is 0 Å². The third-order valence-corrected chi connectivity index (χ3v) is 3.01. The van der Waals surface area contributed by atoms with Gasteiger partial charge in [-0.3, -0.25) is 0 Å². The maximum absolute atomic E-state index is 5.99. The summed E-state index contributed by atoms with van der Waals surface area (Å²) >= 11 is 0. The topological polar surface area (TPSA) is 27.7 Å². The Balaban J connectivity index is 4.63. The molecule has 0 atom stereocenters. The van der Waals surface area contributed by atoms with Crippen LogP contribution in [0.5, 0.6) is 0 Å². The molecule has 0 aromatic rings. The molecule has 0 aliphatic heterocycles. The van der Waals surface area contributed by atoms with E-state index < -0.39 is 0 Å². The highest BCUT2D eigenvalue weighted by atomic mass is 16.5. The standard InChI is InChI=1S/C16H34O3/c1-9-16(10-17-13(2)3,11-18-14(4)5)12-19-15(6,7)8/h13-14H,9-12H2,1-8H3. The second-order valence-electron chi connectivity index (χ2n) is 6.97. The zero-order valence-electron chi connectivity index (χ0n) is 14.2. The highest BCUT2D eigenvalue weighted by Crippen LogP contribution is 2.27. The second kappa shape index (κ2) is 8.23. The molecule has 0 N–H and O–H groups in total. The van der Waals surface area contributed by atoms with E-state index in [1.54, 1.807) is 0 Å². The van der Waals surface area contributed by atoms with Crippen LogP contribution in [0.3, 0.4) is 0 Å². The lowest BCUT2D eigenvalue weighted by atomic mass is 9.87. The number of rotatable bonds is 9. The fourth-order valence-electron chi connectivity index (χ4n) is 1.49. The van der Waals surface area contributed by atoms with E-state index in [4.69, 9.17) is 14.2 Å². The van der Waals surface area contributed by atoms with Gasteiger partial charge in [-0.1, -0.05) is 6.92 Å². The molecule has 0 aliphatic rings. The molecule has 0 saturated carbocycles. The van der Waals surface area contributed by atoms with Crippen LogP contribution in [0, 0.1) is 5.41 Å². The lowest BCUT2D eigenvalue weighted by molar-refractivity contribution is -0.122. The Morgan fingerprint density at radius 1 is 0.789 bits per heavy atom. The van der Waals surface area contributed by atoms with E-state index >= 15 is 0 Å². The van der Waals surface area contributed by atoms with Gasteiger partial charge in [-0.2, -0.15) is 0 Å². The van der Waals surface area contributed by atoms with E-state index in [2.05, 4.69) is 55.4 Å². The second-order valence-corrected chi connectivity index (χ2v) is 6.97. The van der Waals surface area contributed by atoms with Crippen LogP contribution in [0.15, 0.2) is 0 Å². The SMILES string of the molecule is CCC(COC(C)C)(COC(C)C)COC(C)(C)C. The Hall–Kier alpha value is -0.120. The maximum atomic E-state index is 5.99. The number of ether oxygens (including phenoxy) is 3. The molecule has 3 heteroatoms. The van der Waals surface area contributed by atoms with E-state index in [1.807, 2.05) is 0 Å². The summed E-state index contributed by atoms with van der Waals surface area (Å²) in [7, 11) is 0. The summed E-state index contributed by atoms with van der Waals surface area (Å²) in [6.07, 6.45) is 1.46. The monoisotopic (exact) mass is 274 g/mol. The molecule has 0 aromatic heterocycles. The Bertz CT molecular complexity index is 217. The summed E-state index contributed by atoms with van der Waals surface area (Å²) in [6, 6.07) is 0. The molecule has 0 saturated heterocycles. The fraction of sp³-hybridized carbons (Fsp3) is 1.00. The first-order valence-corrected chi connectivity index (χ1v) is 7.47. The predicted octanol–water partition coefficient (Wildman–Crippen LogP) is 4.05. The quantitative estimate of drug-likeness (QED) is 0.635. The molecule has 0 aromatic carbocycles. The molecule has 0 rings (SSSR count). The molecule has 19 heavy (non-hydrogen) atoms. The van der Waals surface area contributed by atoms with Crippen LogP contribution >= 0.6 is 0 Å². The summed E-state index contributed by atoms with van der Waals surface area (Å²) in [4.78, 5) is 0. The van der Waals surface area contributed by atoms with Crippen molar-refractivity contribution in [2.45, 2.75) is 79.6 Å². The van der Waals surface area contributed by atoms with Crippen molar-refractivity contribution < 1.29 is 14.2 Å². The van der Waals surface area contributed by atoms with Gasteiger partial charge in [0.1, 0.15) is 0 Å². The average molecular weight is 274 g/mol. The first kappa shape index (κ1) is 18.9. The van der Waals surface area contributed by atoms with Gasteiger partial charge in [0, 0.05) is 5.41 Å². The van der Waals surface area contributed by atoms with Gasteiger partial charge in [0.05, 0.1) is 37.6 Å². The molecular weight excluding hydrogens is 240 g/mol. The Kier molecular flexibility index (Phi) is 8.18. The lowest BCUT2D eigenvalue weighted by Crippen LogP contribution is -2.40. The van der Waals surface area contributed by atoms with Gasteiger partial charge in [0.15, 0.2) is 0 Å². The molecule has 0 amide bonds. The summed E-state index contributed by atoms with van der Waals surface area (Å²) in [5, 5.41) is 0. The molecule has 0 spiro atoms. The summed E-state index contributed by atoms with van der Waals surface area (Å²) in [5.41, 5.74) is -0.183. The Labute approximate surface area is 120 Å². The van der Waals surface area contributed by atoms with Crippen molar-refractivity contribution in [1.82, 2.24) is 0 Å². The molecular formula is C16H34O3. The zero-order chi connectivity index (χ0) is 15.1. The van der Waals surface area contributed by atoms with Crippen molar-refractivity contribution in [1.29, 1.82) is 0 Å². The minimum absolute atomic E-state index is 0.0538. The van der Waals surface area contributed by atoms with Crippen LogP contribution in [0.4, 0.5) is 0 Å². The maximum Gasteiger partial charge on any atom is 0.0598 e. The van der Waals surface area contributed by atoms with Crippen molar-refractivity contribution in [3.05, 3.63) is 0 Å². The normalized spacial score (nSPS) is 13.6. The first-order valence-electron chi connectivity index (χ1n) is 7.47. The van der Waals surface area contributed by atoms with E-state index in [0.29, 0.717) is 19.8 Å². The van der Waals surface area contributed by atoms with Crippen LogP contribution in [-0.2, 0) is 14.2 Å². The first-order chi connectivity index (χ1) is 8.60. The Morgan fingerprint density at radius 3 is 1.47 bits per heavy atom. The predicted molar refractivity (Wildman–Crippen MR) is 80.6 cm³/mol. The van der Waals surface area contributed by atoms with E-state index in [1.165, 1.54) is 0 Å². The van der Waals surface area contributed by atoms with Gasteiger partial charge < -0.3 is 14.2 Å². The van der Waals surface area contributed by atoms with Gasteiger partial charge >= 0.3 is 0 Å². The van der Waals surface area contributed by atoms with Gasteiger partial charge in [0.2, 0.25) is 0 Å². The average Bonchev–Trinajstić information content (AvgIpc) is 2.27. The molecule has 3 nitrogen and oxygen atoms in total. The molecule has 116 valence electrons. The summed E-state index contributed by atoms with van der Waals surface area (Å²) in [5.74, 6) is 0. The fourth-order valence-corrected chi connectivity index (χ4v) is 1.49. The molecule has 0 aliphatic carbocycles. The smallest absolute Gasteiger partial charge is 0.0598 e. The van der Waals surface area contributed by atoms with Gasteiger partial charge in [-0.05, 0) is 54.9 Å². The molecule has 0 fully saturated rings. The van der Waals surface area contributed by atoms with Crippen molar-refractivity contribution >= 4 is 0 Å². The zero-order valence-corrected chi connectivity index (χ0v) is 14.2. The van der Waals surface area contributed by atoms with Crippen LogP contribution < -0.4 is 0 Å². The third kappa shape index (κ3) is 9.42. The van der Waals surface area contributed by atoms with Crippen LogP contribution in [0.2, 0.25) is 0 Å². The molecule has 0 unspecified atom stereocenters. The molecule has 0 radical (unpaired) electrons. The van der Waals surface area contributed by atoms with Crippen LogP contribution in [-0.4, -0.2) is 37.6 Å². The number of hydrogen-bond donors (Lipinski definition) is 0. The largest absolute Gasteiger partial charge is 0.378 e. The van der Waals surface area contributed by atoms with Crippen LogP contribution in [0.1, 0.15) is 61.8 Å². The van der Waals surface area contributed by atoms with Crippen molar-refractivity contribution in [2.24, 2.45) is 5.41 Å². The minimum Gasteiger partial charge on any atom is -0.378 e. The summed E-state index contributed by atoms with van der Waals surface area (Å²) in [6.45, 7) is 18.7. The van der Waals surface area contributed by atoms with Crippen molar-refractivity contribution in [2.75, 3.05) is 19.8 Å². The molecule has 0 bridgehead atoms. The van der Waals surface area contributed by atoms with E-state index in [-0.39, 0.29) is 23.2 Å². The minimum atomic E-state index is -0.129. The van der Waals surface area contributed by atoms with Crippen LogP contribution in [0.25, 0.3) is 0 Å². The van der Waals surface area contributed by atoms with E-state index in [0.717, 1.165) is 6.42 Å². The summed E-state index contributed by atoms with van der Waals surface area (Å²) < 4.78 is 17.7. The lowest BCUT2D eigenvalue weighted by Gasteiger charge is -2.36. The highest BCUT2D eigenvalue weighted by Gasteiger charge is 2.32.